The fourth-order valence-corrected chi connectivity index (χ4v) is 3.08. The number of anilines is 1. The van der Waals surface area contributed by atoms with Gasteiger partial charge in [0.05, 0.1) is 23.3 Å². The van der Waals surface area contributed by atoms with Crippen LogP contribution < -0.4 is 10.2 Å². The maximum absolute atomic E-state index is 12.4. The van der Waals surface area contributed by atoms with Crippen LogP contribution in [-0.4, -0.2) is 61.1 Å². The highest BCUT2D eigenvalue weighted by atomic mass is 35.5. The zero-order valence-corrected chi connectivity index (χ0v) is 13.2. The SMILES string of the molecule is CN1CCN(C2CC(=O)N(c3ccccc3Cl)C(=O)N2)CC1. The van der Waals surface area contributed by atoms with Crippen LogP contribution in [0.3, 0.4) is 0 Å². The van der Waals surface area contributed by atoms with Crippen LogP contribution in [0, 0.1) is 0 Å². The number of carbonyl (C=O) groups is 2. The Labute approximate surface area is 134 Å². The number of nitrogens with one attached hydrogen (secondary N) is 1. The van der Waals surface area contributed by atoms with E-state index in [0.717, 1.165) is 31.1 Å². The van der Waals surface area contributed by atoms with Gasteiger partial charge in [0.25, 0.3) is 0 Å². The molecule has 1 atom stereocenters. The second kappa shape index (κ2) is 6.24. The average molecular weight is 323 g/mol. The summed E-state index contributed by atoms with van der Waals surface area (Å²) in [5, 5.41) is 3.31. The molecule has 1 N–H and O–H groups in total. The van der Waals surface area contributed by atoms with Crippen molar-refractivity contribution >= 4 is 29.2 Å². The van der Waals surface area contributed by atoms with Gasteiger partial charge < -0.3 is 10.2 Å². The molecular weight excluding hydrogens is 304 g/mol. The van der Waals surface area contributed by atoms with E-state index in [-0.39, 0.29) is 18.5 Å². The van der Waals surface area contributed by atoms with E-state index in [1.54, 1.807) is 24.3 Å². The van der Waals surface area contributed by atoms with Crippen LogP contribution in [0.1, 0.15) is 6.42 Å². The first-order valence-electron chi connectivity index (χ1n) is 7.37. The molecule has 2 aliphatic rings. The van der Waals surface area contributed by atoms with Crippen LogP contribution in [0.15, 0.2) is 24.3 Å². The molecule has 1 aromatic rings. The second-order valence-electron chi connectivity index (χ2n) is 5.69. The summed E-state index contributed by atoms with van der Waals surface area (Å²) < 4.78 is 0. The zero-order valence-electron chi connectivity index (χ0n) is 12.5. The quantitative estimate of drug-likeness (QED) is 0.893. The summed E-state index contributed by atoms with van der Waals surface area (Å²) in [5.41, 5.74) is 0.434. The molecule has 7 heteroatoms. The number of amides is 3. The summed E-state index contributed by atoms with van der Waals surface area (Å²) in [6.45, 7) is 3.57. The molecule has 118 valence electrons. The van der Waals surface area contributed by atoms with Crippen LogP contribution in [0.25, 0.3) is 0 Å². The summed E-state index contributed by atoms with van der Waals surface area (Å²) in [5.74, 6) is -0.222. The molecule has 2 fully saturated rings. The highest BCUT2D eigenvalue weighted by Gasteiger charge is 2.37. The van der Waals surface area contributed by atoms with Crippen molar-refractivity contribution in [2.75, 3.05) is 38.1 Å². The lowest BCUT2D eigenvalue weighted by molar-refractivity contribution is -0.120. The van der Waals surface area contributed by atoms with E-state index >= 15 is 0 Å². The van der Waals surface area contributed by atoms with Gasteiger partial charge in [-0.05, 0) is 19.2 Å². The lowest BCUT2D eigenvalue weighted by Gasteiger charge is -2.41. The number of likely N-dealkylation sites (N-methyl/N-ethyl adjacent to an activating group) is 1. The van der Waals surface area contributed by atoms with E-state index < -0.39 is 6.03 Å². The van der Waals surface area contributed by atoms with Crippen molar-refractivity contribution < 1.29 is 9.59 Å². The minimum Gasteiger partial charge on any atom is -0.321 e. The second-order valence-corrected chi connectivity index (χ2v) is 6.10. The third kappa shape index (κ3) is 2.95. The number of imide groups is 1. The fraction of sp³-hybridized carbons (Fsp3) is 0.467. The number of benzene rings is 1. The van der Waals surface area contributed by atoms with E-state index in [2.05, 4.69) is 22.2 Å². The predicted octanol–water partition coefficient (Wildman–Crippen LogP) is 1.36. The van der Waals surface area contributed by atoms with Gasteiger partial charge in [-0.2, -0.15) is 0 Å². The molecule has 2 saturated heterocycles. The van der Waals surface area contributed by atoms with E-state index in [1.807, 2.05) is 0 Å². The molecular formula is C15H19ClN4O2. The Morgan fingerprint density at radius 1 is 1.14 bits per heavy atom. The summed E-state index contributed by atoms with van der Waals surface area (Å²) in [6, 6.07) is 6.47. The van der Waals surface area contributed by atoms with Crippen LogP contribution in [0.2, 0.25) is 5.02 Å². The topological polar surface area (TPSA) is 55.9 Å². The van der Waals surface area contributed by atoms with E-state index in [9.17, 15) is 9.59 Å². The molecule has 2 heterocycles. The number of carbonyl (C=O) groups excluding carboxylic acids is 2. The average Bonchev–Trinajstić information content (AvgIpc) is 2.49. The Hall–Kier alpha value is -1.63. The van der Waals surface area contributed by atoms with E-state index in [4.69, 9.17) is 11.6 Å². The Kier molecular flexibility index (Phi) is 4.33. The number of urea groups is 1. The zero-order chi connectivity index (χ0) is 15.7. The van der Waals surface area contributed by atoms with Crippen molar-refractivity contribution in [1.82, 2.24) is 15.1 Å². The number of hydrogen-bond acceptors (Lipinski definition) is 4. The first kappa shape index (κ1) is 15.3. The normalized spacial score (nSPS) is 24.5. The van der Waals surface area contributed by atoms with Crippen LogP contribution in [0.5, 0.6) is 0 Å². The lowest BCUT2D eigenvalue weighted by Crippen LogP contribution is -2.63. The molecule has 0 bridgehead atoms. The largest absolute Gasteiger partial charge is 0.330 e. The number of halogens is 1. The van der Waals surface area contributed by atoms with Crippen molar-refractivity contribution in [2.24, 2.45) is 0 Å². The van der Waals surface area contributed by atoms with E-state index in [0.29, 0.717) is 10.7 Å². The molecule has 2 aliphatic heterocycles. The van der Waals surface area contributed by atoms with Gasteiger partial charge in [0, 0.05) is 26.2 Å². The van der Waals surface area contributed by atoms with Crippen molar-refractivity contribution in [3.63, 3.8) is 0 Å². The molecule has 0 aromatic heterocycles. The number of hydrogen-bond donors (Lipinski definition) is 1. The molecule has 3 amide bonds. The number of nitrogens with zero attached hydrogens (tertiary/aromatic N) is 3. The third-order valence-corrected chi connectivity index (χ3v) is 4.50. The van der Waals surface area contributed by atoms with Crippen molar-refractivity contribution in [3.8, 4) is 0 Å². The Morgan fingerprint density at radius 3 is 2.45 bits per heavy atom. The number of rotatable bonds is 2. The molecule has 6 nitrogen and oxygen atoms in total. The van der Waals surface area contributed by atoms with E-state index in [1.165, 1.54) is 0 Å². The smallest absolute Gasteiger partial charge is 0.321 e. The van der Waals surface area contributed by atoms with Crippen LogP contribution in [-0.2, 0) is 4.79 Å². The third-order valence-electron chi connectivity index (χ3n) is 4.18. The van der Waals surface area contributed by atoms with Gasteiger partial charge >= 0.3 is 6.03 Å². The predicted molar refractivity (Wildman–Crippen MR) is 84.9 cm³/mol. The maximum Gasteiger partial charge on any atom is 0.330 e. The molecule has 0 aliphatic carbocycles. The van der Waals surface area contributed by atoms with Gasteiger partial charge in [-0.3, -0.25) is 9.69 Å². The van der Waals surface area contributed by atoms with Gasteiger partial charge in [0.2, 0.25) is 5.91 Å². The van der Waals surface area contributed by atoms with Gasteiger partial charge in [-0.25, -0.2) is 9.69 Å². The molecule has 3 rings (SSSR count). The van der Waals surface area contributed by atoms with Gasteiger partial charge in [-0.1, -0.05) is 23.7 Å². The molecule has 1 unspecified atom stereocenters. The first-order valence-corrected chi connectivity index (χ1v) is 7.74. The summed E-state index contributed by atoms with van der Waals surface area (Å²) in [6.07, 6.45) is 0.0353. The Morgan fingerprint density at radius 2 is 1.82 bits per heavy atom. The van der Waals surface area contributed by atoms with Crippen molar-refractivity contribution in [2.45, 2.75) is 12.6 Å². The maximum atomic E-state index is 12.4. The fourth-order valence-electron chi connectivity index (χ4n) is 2.86. The molecule has 0 saturated carbocycles. The minimum absolute atomic E-state index is 0.222. The molecule has 0 spiro atoms. The summed E-state index contributed by atoms with van der Waals surface area (Å²) in [4.78, 5) is 30.3. The van der Waals surface area contributed by atoms with Crippen molar-refractivity contribution in [3.05, 3.63) is 29.3 Å². The summed E-state index contributed by atoms with van der Waals surface area (Å²) >= 11 is 6.10. The molecule has 0 radical (unpaired) electrons. The highest BCUT2D eigenvalue weighted by Crippen LogP contribution is 2.28. The van der Waals surface area contributed by atoms with Crippen LogP contribution >= 0.6 is 11.6 Å². The monoisotopic (exact) mass is 322 g/mol. The molecule has 1 aromatic carbocycles. The van der Waals surface area contributed by atoms with Crippen molar-refractivity contribution in [1.29, 1.82) is 0 Å². The van der Waals surface area contributed by atoms with Crippen LogP contribution in [0.4, 0.5) is 10.5 Å². The Bertz CT molecular complexity index is 569. The number of piperazine rings is 1. The van der Waals surface area contributed by atoms with Gasteiger partial charge in [0.15, 0.2) is 0 Å². The number of para-hydroxylation sites is 1. The first-order chi connectivity index (χ1) is 10.6. The lowest BCUT2D eigenvalue weighted by atomic mass is 10.1. The van der Waals surface area contributed by atoms with Gasteiger partial charge in [0.1, 0.15) is 0 Å². The minimum atomic E-state index is -0.409. The Balaban J connectivity index is 1.74. The summed E-state index contributed by atoms with van der Waals surface area (Å²) in [7, 11) is 2.07. The molecule has 22 heavy (non-hydrogen) atoms. The highest BCUT2D eigenvalue weighted by molar-refractivity contribution is 6.35. The standard InChI is InChI=1S/C15H19ClN4O2/c1-18-6-8-19(9-7-18)13-10-14(21)20(15(22)17-13)12-5-3-2-4-11(12)16/h2-5,13H,6-10H2,1H3,(H,17,22). The van der Waals surface area contributed by atoms with Gasteiger partial charge in [-0.15, -0.1) is 0 Å².